The van der Waals surface area contributed by atoms with E-state index in [0.717, 1.165) is 10.7 Å². The van der Waals surface area contributed by atoms with Crippen LogP contribution in [0, 0.1) is 6.92 Å². The maximum absolute atomic E-state index is 12.7. The second kappa shape index (κ2) is 5.91. The Morgan fingerprint density at radius 1 is 1.36 bits per heavy atom. The SMILES string of the molecule is Cc1cc(C(F)(F)F)nn1C(C)C(=O)N1CC(C)OC(C)C1. The molecule has 2 heterocycles. The Morgan fingerprint density at radius 2 is 1.91 bits per heavy atom. The molecule has 1 aromatic heterocycles. The highest BCUT2D eigenvalue weighted by Gasteiger charge is 2.36. The molecule has 124 valence electrons. The second-order valence-electron chi connectivity index (χ2n) is 5.79. The maximum Gasteiger partial charge on any atom is 0.435 e. The van der Waals surface area contributed by atoms with Gasteiger partial charge in [0.15, 0.2) is 5.69 Å². The van der Waals surface area contributed by atoms with Crippen LogP contribution in [0.4, 0.5) is 13.2 Å². The molecule has 0 N–H and O–H groups in total. The van der Waals surface area contributed by atoms with Crippen LogP contribution in [0.15, 0.2) is 6.07 Å². The molecule has 0 aromatic carbocycles. The lowest BCUT2D eigenvalue weighted by molar-refractivity contribution is -0.147. The number of amides is 1. The largest absolute Gasteiger partial charge is 0.435 e. The van der Waals surface area contributed by atoms with Gasteiger partial charge in [-0.3, -0.25) is 9.48 Å². The molecule has 3 atom stereocenters. The van der Waals surface area contributed by atoms with Crippen LogP contribution in [-0.4, -0.2) is 45.9 Å². The van der Waals surface area contributed by atoms with Crippen molar-refractivity contribution in [3.63, 3.8) is 0 Å². The minimum atomic E-state index is -4.51. The van der Waals surface area contributed by atoms with Crippen molar-refractivity contribution in [2.45, 2.75) is 52.1 Å². The van der Waals surface area contributed by atoms with Crippen molar-refractivity contribution in [1.82, 2.24) is 14.7 Å². The lowest BCUT2D eigenvalue weighted by Crippen LogP contribution is -2.50. The number of hydrogen-bond donors (Lipinski definition) is 0. The fraction of sp³-hybridized carbons (Fsp3) is 0.714. The zero-order valence-electron chi connectivity index (χ0n) is 13.0. The first kappa shape index (κ1) is 16.8. The summed E-state index contributed by atoms with van der Waals surface area (Å²) in [6, 6.07) is 0.169. The van der Waals surface area contributed by atoms with Gasteiger partial charge >= 0.3 is 6.18 Å². The third-order valence-electron chi connectivity index (χ3n) is 3.67. The average molecular weight is 319 g/mol. The van der Waals surface area contributed by atoms with E-state index in [1.165, 1.54) is 6.92 Å². The molecule has 0 bridgehead atoms. The molecule has 1 fully saturated rings. The van der Waals surface area contributed by atoms with Gasteiger partial charge in [-0.2, -0.15) is 18.3 Å². The smallest absolute Gasteiger partial charge is 0.372 e. The van der Waals surface area contributed by atoms with Crippen LogP contribution in [0.25, 0.3) is 0 Å². The van der Waals surface area contributed by atoms with Gasteiger partial charge in [-0.15, -0.1) is 0 Å². The average Bonchev–Trinajstić information content (AvgIpc) is 2.78. The second-order valence-corrected chi connectivity index (χ2v) is 5.79. The fourth-order valence-corrected chi connectivity index (χ4v) is 2.75. The van der Waals surface area contributed by atoms with Crippen molar-refractivity contribution < 1.29 is 22.7 Å². The molecule has 1 aliphatic rings. The Bertz CT molecular complexity index is 546. The predicted molar refractivity (Wildman–Crippen MR) is 73.3 cm³/mol. The van der Waals surface area contributed by atoms with E-state index in [9.17, 15) is 18.0 Å². The molecule has 0 saturated carbocycles. The highest BCUT2D eigenvalue weighted by Crippen LogP contribution is 2.29. The van der Waals surface area contributed by atoms with Crippen LogP contribution in [-0.2, 0) is 15.7 Å². The van der Waals surface area contributed by atoms with E-state index in [1.807, 2.05) is 13.8 Å². The molecule has 5 nitrogen and oxygen atoms in total. The number of morpholine rings is 1. The number of aryl methyl sites for hydroxylation is 1. The van der Waals surface area contributed by atoms with Gasteiger partial charge in [0.2, 0.25) is 5.91 Å². The summed E-state index contributed by atoms with van der Waals surface area (Å²) in [7, 11) is 0. The highest BCUT2D eigenvalue weighted by molar-refractivity contribution is 5.80. The van der Waals surface area contributed by atoms with Gasteiger partial charge in [-0.05, 0) is 33.8 Å². The van der Waals surface area contributed by atoms with Crippen molar-refractivity contribution in [3.8, 4) is 0 Å². The molecule has 22 heavy (non-hydrogen) atoms. The van der Waals surface area contributed by atoms with Gasteiger partial charge in [-0.25, -0.2) is 0 Å². The van der Waals surface area contributed by atoms with E-state index < -0.39 is 17.9 Å². The molecule has 2 rings (SSSR count). The summed E-state index contributed by atoms with van der Waals surface area (Å²) in [5.41, 5.74) is -0.670. The van der Waals surface area contributed by atoms with Gasteiger partial charge in [0.05, 0.1) is 12.2 Å². The third-order valence-corrected chi connectivity index (χ3v) is 3.67. The van der Waals surface area contributed by atoms with E-state index in [1.54, 1.807) is 11.8 Å². The lowest BCUT2D eigenvalue weighted by atomic mass is 10.2. The summed E-state index contributed by atoms with van der Waals surface area (Å²) in [5, 5.41) is 3.55. The number of carbonyl (C=O) groups is 1. The molecule has 0 aliphatic carbocycles. The summed E-state index contributed by atoms with van der Waals surface area (Å²) >= 11 is 0. The Balaban J connectivity index is 2.19. The summed E-state index contributed by atoms with van der Waals surface area (Å²) < 4.78 is 44.8. The molecule has 1 saturated heterocycles. The number of rotatable bonds is 2. The van der Waals surface area contributed by atoms with Gasteiger partial charge in [-0.1, -0.05) is 0 Å². The molecule has 1 amide bonds. The molecular weight excluding hydrogens is 299 g/mol. The van der Waals surface area contributed by atoms with E-state index in [-0.39, 0.29) is 18.1 Å². The van der Waals surface area contributed by atoms with Crippen LogP contribution in [0.1, 0.15) is 38.2 Å². The van der Waals surface area contributed by atoms with E-state index in [4.69, 9.17) is 4.74 Å². The first-order valence-electron chi connectivity index (χ1n) is 7.17. The van der Waals surface area contributed by atoms with E-state index in [0.29, 0.717) is 18.8 Å². The Kier molecular flexibility index (Phi) is 4.51. The molecule has 8 heteroatoms. The van der Waals surface area contributed by atoms with E-state index in [2.05, 4.69) is 5.10 Å². The Labute approximate surface area is 127 Å². The molecule has 0 spiro atoms. The zero-order valence-corrected chi connectivity index (χ0v) is 13.0. The Hall–Kier alpha value is -1.57. The number of carbonyl (C=O) groups excluding carboxylic acids is 1. The van der Waals surface area contributed by atoms with Crippen molar-refractivity contribution in [3.05, 3.63) is 17.5 Å². The molecular formula is C14H20F3N3O2. The first-order chi connectivity index (χ1) is 10.1. The standard InChI is InChI=1S/C14H20F3N3O2/c1-8-5-12(14(15,16)17)18-20(8)11(4)13(21)19-6-9(2)22-10(3)7-19/h5,9-11H,6-7H2,1-4H3. The van der Waals surface area contributed by atoms with Crippen LogP contribution < -0.4 is 0 Å². The summed E-state index contributed by atoms with van der Waals surface area (Å²) in [6.45, 7) is 7.66. The molecule has 0 radical (unpaired) electrons. The third kappa shape index (κ3) is 3.43. The van der Waals surface area contributed by atoms with Crippen molar-refractivity contribution in [1.29, 1.82) is 0 Å². The van der Waals surface area contributed by atoms with Crippen molar-refractivity contribution in [2.24, 2.45) is 0 Å². The van der Waals surface area contributed by atoms with Gasteiger partial charge in [0.1, 0.15) is 6.04 Å². The van der Waals surface area contributed by atoms with E-state index >= 15 is 0 Å². The summed E-state index contributed by atoms with van der Waals surface area (Å²) in [4.78, 5) is 14.2. The quantitative estimate of drug-likeness (QED) is 0.841. The molecule has 3 unspecified atom stereocenters. The summed E-state index contributed by atoms with van der Waals surface area (Å²) in [6.07, 6.45) is -4.70. The summed E-state index contributed by atoms with van der Waals surface area (Å²) in [5.74, 6) is -0.248. The number of halogens is 3. The van der Waals surface area contributed by atoms with Crippen LogP contribution >= 0.6 is 0 Å². The first-order valence-corrected chi connectivity index (χ1v) is 7.17. The van der Waals surface area contributed by atoms with Gasteiger partial charge in [0.25, 0.3) is 0 Å². The van der Waals surface area contributed by atoms with Gasteiger partial charge in [0, 0.05) is 18.8 Å². The lowest BCUT2D eigenvalue weighted by Gasteiger charge is -2.36. The molecule has 1 aromatic rings. The minimum Gasteiger partial charge on any atom is -0.372 e. The Morgan fingerprint density at radius 3 is 2.36 bits per heavy atom. The minimum absolute atomic E-state index is 0.0932. The highest BCUT2D eigenvalue weighted by atomic mass is 19.4. The maximum atomic E-state index is 12.7. The number of nitrogens with zero attached hydrogens (tertiary/aromatic N) is 3. The number of alkyl halides is 3. The monoisotopic (exact) mass is 319 g/mol. The van der Waals surface area contributed by atoms with Crippen molar-refractivity contribution in [2.75, 3.05) is 13.1 Å². The fourth-order valence-electron chi connectivity index (χ4n) is 2.75. The van der Waals surface area contributed by atoms with Crippen LogP contribution in [0.3, 0.4) is 0 Å². The van der Waals surface area contributed by atoms with Gasteiger partial charge < -0.3 is 9.64 Å². The van der Waals surface area contributed by atoms with Crippen molar-refractivity contribution >= 4 is 5.91 Å². The zero-order chi connectivity index (χ0) is 16.7. The normalized spacial score (nSPS) is 24.4. The number of aromatic nitrogens is 2. The number of hydrogen-bond acceptors (Lipinski definition) is 3. The topological polar surface area (TPSA) is 47.4 Å². The van der Waals surface area contributed by atoms with Crippen LogP contribution in [0.2, 0.25) is 0 Å². The predicted octanol–water partition coefficient (Wildman–Crippen LogP) is 2.41. The van der Waals surface area contributed by atoms with Crippen LogP contribution in [0.5, 0.6) is 0 Å². The molecule has 1 aliphatic heterocycles. The number of ether oxygens (including phenoxy) is 1.